The number of anilines is 1. The van der Waals surface area contributed by atoms with Crippen LogP contribution in [-0.2, 0) is 4.74 Å². The summed E-state index contributed by atoms with van der Waals surface area (Å²) >= 11 is 0. The minimum absolute atomic E-state index is 0.0963. The molecule has 0 N–H and O–H groups in total. The number of nitro groups is 1. The predicted molar refractivity (Wildman–Crippen MR) is 71.9 cm³/mol. The summed E-state index contributed by atoms with van der Waals surface area (Å²) in [4.78, 5) is 16.5. The van der Waals surface area contributed by atoms with Crippen LogP contribution in [0.3, 0.4) is 0 Å². The molecule has 1 fully saturated rings. The van der Waals surface area contributed by atoms with E-state index in [1.165, 1.54) is 10.7 Å². The first-order chi connectivity index (χ1) is 9.58. The number of rotatable bonds is 2. The number of hydrogen-bond acceptors (Lipinski definition) is 6. The standard InChI is InChI=1S/C12H15N5O3/c1-8-9(2)20-6-5-15(8)11-4-3-10-13-7-12(17(18)19)16(10)14-11/h3-4,7-9H,5-6H2,1-2H3. The van der Waals surface area contributed by atoms with Gasteiger partial charge in [0.15, 0.2) is 5.82 Å². The van der Waals surface area contributed by atoms with E-state index >= 15 is 0 Å². The Labute approximate surface area is 115 Å². The summed E-state index contributed by atoms with van der Waals surface area (Å²) in [5.74, 6) is 0.567. The van der Waals surface area contributed by atoms with E-state index in [-0.39, 0.29) is 18.0 Å². The number of morpholine rings is 1. The Morgan fingerprint density at radius 1 is 1.45 bits per heavy atom. The lowest BCUT2D eigenvalue weighted by atomic mass is 10.1. The zero-order chi connectivity index (χ0) is 14.3. The smallest absolute Gasteiger partial charge is 0.368 e. The number of fused-ring (bicyclic) bond motifs is 1. The van der Waals surface area contributed by atoms with Crippen LogP contribution in [0.15, 0.2) is 18.3 Å². The van der Waals surface area contributed by atoms with Crippen molar-refractivity contribution in [2.45, 2.75) is 26.0 Å². The summed E-state index contributed by atoms with van der Waals surface area (Å²) in [6.07, 6.45) is 1.32. The molecule has 2 aromatic heterocycles. The molecule has 0 bridgehead atoms. The third-order valence-electron chi connectivity index (χ3n) is 3.70. The summed E-state index contributed by atoms with van der Waals surface area (Å²) in [5.41, 5.74) is 0.467. The lowest BCUT2D eigenvalue weighted by molar-refractivity contribution is -0.391. The average molecular weight is 277 g/mol. The van der Waals surface area contributed by atoms with Crippen LogP contribution in [0.5, 0.6) is 0 Å². The van der Waals surface area contributed by atoms with Crippen LogP contribution >= 0.6 is 0 Å². The molecule has 0 spiro atoms. The first-order valence-electron chi connectivity index (χ1n) is 6.45. The Hall–Kier alpha value is -2.22. The van der Waals surface area contributed by atoms with E-state index in [0.717, 1.165) is 0 Å². The van der Waals surface area contributed by atoms with Gasteiger partial charge in [-0.05, 0) is 24.8 Å². The molecular weight excluding hydrogens is 262 g/mol. The first-order valence-corrected chi connectivity index (χ1v) is 6.45. The third-order valence-corrected chi connectivity index (χ3v) is 3.70. The molecule has 20 heavy (non-hydrogen) atoms. The van der Waals surface area contributed by atoms with Gasteiger partial charge in [-0.25, -0.2) is 4.98 Å². The molecule has 0 amide bonds. The van der Waals surface area contributed by atoms with Crippen molar-refractivity contribution < 1.29 is 9.66 Å². The highest BCUT2D eigenvalue weighted by atomic mass is 16.6. The van der Waals surface area contributed by atoms with Crippen molar-refractivity contribution in [2.24, 2.45) is 0 Å². The predicted octanol–water partition coefficient (Wildman–Crippen LogP) is 1.25. The molecular formula is C12H15N5O3. The largest absolute Gasteiger partial charge is 0.375 e. The molecule has 1 aliphatic rings. The normalized spacial score (nSPS) is 23.2. The topological polar surface area (TPSA) is 85.8 Å². The van der Waals surface area contributed by atoms with Crippen LogP contribution in [0.1, 0.15) is 13.8 Å². The van der Waals surface area contributed by atoms with Crippen LogP contribution in [0.4, 0.5) is 11.6 Å². The van der Waals surface area contributed by atoms with Gasteiger partial charge in [-0.1, -0.05) is 9.61 Å². The van der Waals surface area contributed by atoms with E-state index in [4.69, 9.17) is 4.74 Å². The van der Waals surface area contributed by atoms with E-state index in [1.54, 1.807) is 6.07 Å². The van der Waals surface area contributed by atoms with Crippen molar-refractivity contribution in [3.63, 3.8) is 0 Å². The zero-order valence-corrected chi connectivity index (χ0v) is 11.3. The van der Waals surface area contributed by atoms with Crippen LogP contribution in [0.2, 0.25) is 0 Å². The van der Waals surface area contributed by atoms with Gasteiger partial charge in [0.2, 0.25) is 5.65 Å². The molecule has 2 aromatic rings. The molecule has 3 heterocycles. The van der Waals surface area contributed by atoms with Gasteiger partial charge in [0, 0.05) is 12.6 Å². The minimum Gasteiger partial charge on any atom is -0.375 e. The third kappa shape index (κ3) is 1.97. The zero-order valence-electron chi connectivity index (χ0n) is 11.3. The first kappa shape index (κ1) is 12.8. The fraction of sp³-hybridized carbons (Fsp3) is 0.500. The van der Waals surface area contributed by atoms with Crippen molar-refractivity contribution in [3.05, 3.63) is 28.4 Å². The molecule has 0 aromatic carbocycles. The molecule has 1 aliphatic heterocycles. The van der Waals surface area contributed by atoms with Crippen LogP contribution < -0.4 is 4.90 Å². The van der Waals surface area contributed by atoms with Crippen molar-refractivity contribution in [1.29, 1.82) is 0 Å². The van der Waals surface area contributed by atoms with E-state index in [9.17, 15) is 10.1 Å². The molecule has 0 radical (unpaired) electrons. The summed E-state index contributed by atoms with van der Waals surface area (Å²) in [6, 6.07) is 3.74. The molecule has 0 aliphatic carbocycles. The highest BCUT2D eigenvalue weighted by molar-refractivity contribution is 5.50. The molecule has 0 saturated carbocycles. The maximum atomic E-state index is 11.0. The fourth-order valence-electron chi connectivity index (χ4n) is 2.39. The highest BCUT2D eigenvalue weighted by Crippen LogP contribution is 2.22. The Bertz CT molecular complexity index is 656. The maximum Gasteiger partial charge on any atom is 0.368 e. The molecule has 8 nitrogen and oxygen atoms in total. The number of imidazole rings is 1. The highest BCUT2D eigenvalue weighted by Gasteiger charge is 2.28. The van der Waals surface area contributed by atoms with E-state index < -0.39 is 4.92 Å². The van der Waals surface area contributed by atoms with E-state index in [2.05, 4.69) is 21.9 Å². The Kier molecular flexibility index (Phi) is 3.01. The second-order valence-electron chi connectivity index (χ2n) is 4.84. The van der Waals surface area contributed by atoms with Crippen molar-refractivity contribution in [3.8, 4) is 0 Å². The summed E-state index contributed by atoms with van der Waals surface area (Å²) < 4.78 is 6.85. The van der Waals surface area contributed by atoms with Crippen molar-refractivity contribution in [1.82, 2.24) is 14.6 Å². The SMILES string of the molecule is CC1OCCN(c2ccc3ncc([N+](=O)[O-])n3n2)C1C. The second-order valence-corrected chi connectivity index (χ2v) is 4.84. The van der Waals surface area contributed by atoms with Crippen LogP contribution in [0, 0.1) is 10.1 Å². The molecule has 2 atom stereocenters. The Morgan fingerprint density at radius 3 is 3.00 bits per heavy atom. The number of hydrogen-bond donors (Lipinski definition) is 0. The lowest BCUT2D eigenvalue weighted by Crippen LogP contribution is -2.49. The van der Waals surface area contributed by atoms with Gasteiger partial charge < -0.3 is 19.8 Å². The van der Waals surface area contributed by atoms with Gasteiger partial charge in [0.1, 0.15) is 6.20 Å². The monoisotopic (exact) mass is 277 g/mol. The molecule has 3 rings (SSSR count). The summed E-state index contributed by atoms with van der Waals surface area (Å²) in [5, 5.41) is 15.3. The lowest BCUT2D eigenvalue weighted by Gasteiger charge is -2.38. The van der Waals surface area contributed by atoms with Gasteiger partial charge in [-0.2, -0.15) is 0 Å². The Balaban J connectivity index is 2.03. The Morgan fingerprint density at radius 2 is 2.25 bits per heavy atom. The van der Waals surface area contributed by atoms with E-state index in [0.29, 0.717) is 24.6 Å². The fourth-order valence-corrected chi connectivity index (χ4v) is 2.39. The van der Waals surface area contributed by atoms with Gasteiger partial charge in [0.05, 0.1) is 18.8 Å². The van der Waals surface area contributed by atoms with Gasteiger partial charge in [-0.15, -0.1) is 0 Å². The number of ether oxygens (including phenoxy) is 1. The van der Waals surface area contributed by atoms with Gasteiger partial charge in [-0.3, -0.25) is 0 Å². The number of nitrogens with zero attached hydrogens (tertiary/aromatic N) is 5. The van der Waals surface area contributed by atoms with Gasteiger partial charge in [0.25, 0.3) is 0 Å². The number of aromatic nitrogens is 3. The average Bonchev–Trinajstić information content (AvgIpc) is 2.85. The molecule has 8 heteroatoms. The maximum absolute atomic E-state index is 11.0. The van der Waals surface area contributed by atoms with Crippen molar-refractivity contribution in [2.75, 3.05) is 18.1 Å². The quantitative estimate of drug-likeness (QED) is 0.606. The van der Waals surface area contributed by atoms with Crippen LogP contribution in [0.25, 0.3) is 5.65 Å². The minimum atomic E-state index is -0.484. The summed E-state index contributed by atoms with van der Waals surface area (Å²) in [6.45, 7) is 5.40. The molecule has 106 valence electrons. The molecule has 2 unspecified atom stereocenters. The molecule has 1 saturated heterocycles. The van der Waals surface area contributed by atoms with Crippen LogP contribution in [-0.4, -0.2) is 44.8 Å². The van der Waals surface area contributed by atoms with Gasteiger partial charge >= 0.3 is 5.82 Å². The summed E-state index contributed by atoms with van der Waals surface area (Å²) in [7, 11) is 0. The van der Waals surface area contributed by atoms with Crippen molar-refractivity contribution >= 4 is 17.3 Å². The second kappa shape index (κ2) is 4.71. The van der Waals surface area contributed by atoms with E-state index in [1.807, 2.05) is 13.0 Å².